The van der Waals surface area contributed by atoms with Crippen LogP contribution in [-0.4, -0.2) is 26.6 Å². The van der Waals surface area contributed by atoms with Gasteiger partial charge in [0, 0.05) is 17.7 Å². The van der Waals surface area contributed by atoms with Gasteiger partial charge >= 0.3 is 0 Å². The quantitative estimate of drug-likeness (QED) is 0.724. The van der Waals surface area contributed by atoms with Crippen LogP contribution in [0.15, 0.2) is 34.4 Å². The lowest BCUT2D eigenvalue weighted by molar-refractivity contribution is -0.255. The summed E-state index contributed by atoms with van der Waals surface area (Å²) >= 11 is 1.20. The average Bonchev–Trinajstić information content (AvgIpc) is 2.96. The third kappa shape index (κ3) is 3.01. The lowest BCUT2D eigenvalue weighted by Gasteiger charge is -2.10. The van der Waals surface area contributed by atoms with Crippen LogP contribution in [0.3, 0.4) is 0 Å². The molecule has 0 spiro atoms. The molecule has 0 saturated heterocycles. The van der Waals surface area contributed by atoms with Crippen molar-refractivity contribution in [1.29, 1.82) is 0 Å². The number of hydrogen-bond acceptors (Lipinski definition) is 7. The number of carbonyl (C=O) groups is 2. The van der Waals surface area contributed by atoms with Gasteiger partial charge in [-0.3, -0.25) is 9.59 Å². The predicted octanol–water partition coefficient (Wildman–Crippen LogP) is 0.223. The van der Waals surface area contributed by atoms with Crippen molar-refractivity contribution in [3.8, 4) is 0 Å². The second kappa shape index (κ2) is 6.20. The molecule has 0 fully saturated rings. The van der Waals surface area contributed by atoms with E-state index in [1.807, 2.05) is 0 Å². The molecule has 0 unspecified atom stereocenters. The molecule has 122 valence electrons. The number of rotatable bonds is 4. The van der Waals surface area contributed by atoms with E-state index in [1.54, 1.807) is 17.5 Å². The van der Waals surface area contributed by atoms with Crippen LogP contribution in [0.5, 0.6) is 0 Å². The van der Waals surface area contributed by atoms with Gasteiger partial charge in [-0.05, 0) is 6.07 Å². The molecule has 9 heteroatoms. The van der Waals surface area contributed by atoms with E-state index in [2.05, 4.69) is 15.4 Å². The van der Waals surface area contributed by atoms with Gasteiger partial charge in [-0.25, -0.2) is 9.67 Å². The number of nitrogens with zero attached hydrogens (tertiary/aromatic N) is 3. The van der Waals surface area contributed by atoms with E-state index in [9.17, 15) is 19.5 Å². The van der Waals surface area contributed by atoms with E-state index >= 15 is 0 Å². The fourth-order valence-electron chi connectivity index (χ4n) is 2.23. The Labute approximate surface area is 139 Å². The van der Waals surface area contributed by atoms with Gasteiger partial charge in [0.1, 0.15) is 5.69 Å². The first-order valence-electron chi connectivity index (χ1n) is 6.89. The molecule has 1 amide bonds. The number of fused-ring (bicyclic) bond motifs is 1. The fourth-order valence-corrected chi connectivity index (χ4v) is 2.98. The molecule has 3 rings (SSSR count). The van der Waals surface area contributed by atoms with Crippen LogP contribution in [0.4, 0.5) is 5.13 Å². The molecule has 0 atom stereocenters. The molecule has 0 radical (unpaired) electrons. The van der Waals surface area contributed by atoms with Crippen molar-refractivity contribution in [3.63, 3.8) is 0 Å². The van der Waals surface area contributed by atoms with Gasteiger partial charge in [0.15, 0.2) is 5.13 Å². The van der Waals surface area contributed by atoms with Crippen LogP contribution in [0.2, 0.25) is 0 Å². The summed E-state index contributed by atoms with van der Waals surface area (Å²) in [6, 6.07) is 6.31. The molecule has 2 heterocycles. The summed E-state index contributed by atoms with van der Waals surface area (Å²) in [6.07, 6.45) is 0. The molecule has 0 saturated carbocycles. The third-order valence-corrected chi connectivity index (χ3v) is 4.01. The molecule has 24 heavy (non-hydrogen) atoms. The molecule has 0 bridgehead atoms. The Balaban J connectivity index is 2.05. The minimum Gasteiger partial charge on any atom is -0.543 e. The van der Waals surface area contributed by atoms with Gasteiger partial charge in [-0.2, -0.15) is 5.10 Å². The average molecular weight is 343 g/mol. The first-order chi connectivity index (χ1) is 11.5. The summed E-state index contributed by atoms with van der Waals surface area (Å²) in [6.45, 7) is 1.35. The highest BCUT2D eigenvalue weighted by molar-refractivity contribution is 7.13. The summed E-state index contributed by atoms with van der Waals surface area (Å²) in [5, 5.41) is 20.3. The molecular formula is C15H11N4O4S-. The number of carboxylic acids is 1. The molecule has 2 aromatic heterocycles. The zero-order valence-electron chi connectivity index (χ0n) is 12.5. The molecule has 0 aliphatic carbocycles. The van der Waals surface area contributed by atoms with E-state index in [-0.39, 0.29) is 28.9 Å². The number of benzene rings is 1. The number of aromatic nitrogens is 3. The Hall–Kier alpha value is -3.07. The number of nitrogens with one attached hydrogen (secondary N) is 1. The van der Waals surface area contributed by atoms with E-state index in [4.69, 9.17) is 0 Å². The topological polar surface area (TPSA) is 117 Å². The van der Waals surface area contributed by atoms with Gasteiger partial charge in [-0.1, -0.05) is 18.2 Å². The van der Waals surface area contributed by atoms with E-state index < -0.39 is 11.5 Å². The van der Waals surface area contributed by atoms with Gasteiger partial charge in [0.25, 0.3) is 5.56 Å². The normalized spacial score (nSPS) is 10.7. The van der Waals surface area contributed by atoms with Crippen molar-refractivity contribution in [3.05, 3.63) is 51.4 Å². The first kappa shape index (κ1) is 15.8. The lowest BCUT2D eigenvalue weighted by Crippen LogP contribution is -2.31. The second-order valence-corrected chi connectivity index (χ2v) is 5.83. The standard InChI is InChI=1S/C15H12N4O4S/c1-8(20)16-15-17-9(7-24-15)6-19-13(21)11-5-3-2-4-10(11)12(18-19)14(22)23/h2-5,7H,6H2,1H3,(H,22,23)(H,16,17,20)/p-1. The summed E-state index contributed by atoms with van der Waals surface area (Å²) in [5.41, 5.74) is -0.245. The van der Waals surface area contributed by atoms with Crippen molar-refractivity contribution in [2.45, 2.75) is 13.5 Å². The fraction of sp³-hybridized carbons (Fsp3) is 0.133. The molecule has 0 aliphatic heterocycles. The summed E-state index contributed by atoms with van der Waals surface area (Å²) in [7, 11) is 0. The number of aromatic carboxylic acids is 1. The van der Waals surface area contributed by atoms with Crippen LogP contribution < -0.4 is 16.0 Å². The molecule has 1 N–H and O–H groups in total. The molecule has 1 aromatic carbocycles. The maximum absolute atomic E-state index is 12.5. The van der Waals surface area contributed by atoms with Crippen molar-refractivity contribution >= 4 is 39.1 Å². The van der Waals surface area contributed by atoms with E-state index in [0.29, 0.717) is 10.8 Å². The minimum absolute atomic E-state index is 0.0139. The van der Waals surface area contributed by atoms with Crippen molar-refractivity contribution < 1.29 is 14.7 Å². The molecule has 3 aromatic rings. The number of hydrogen-bond donors (Lipinski definition) is 1. The summed E-state index contributed by atoms with van der Waals surface area (Å²) < 4.78 is 1.03. The second-order valence-electron chi connectivity index (χ2n) is 4.97. The Bertz CT molecular complexity index is 1010. The summed E-state index contributed by atoms with van der Waals surface area (Å²) in [4.78, 5) is 39.0. The molecular weight excluding hydrogens is 332 g/mol. The van der Waals surface area contributed by atoms with Gasteiger partial charge in [0.05, 0.1) is 23.6 Å². The molecule has 8 nitrogen and oxygen atoms in total. The van der Waals surface area contributed by atoms with Crippen molar-refractivity contribution in [2.75, 3.05) is 5.32 Å². The minimum atomic E-state index is -1.46. The van der Waals surface area contributed by atoms with Crippen LogP contribution in [0.25, 0.3) is 10.8 Å². The van der Waals surface area contributed by atoms with Crippen LogP contribution in [0, 0.1) is 0 Å². The highest BCUT2D eigenvalue weighted by atomic mass is 32.1. The number of carbonyl (C=O) groups excluding carboxylic acids is 2. The first-order valence-corrected chi connectivity index (χ1v) is 7.77. The van der Waals surface area contributed by atoms with E-state index in [1.165, 1.54) is 30.4 Å². The van der Waals surface area contributed by atoms with Crippen LogP contribution in [-0.2, 0) is 11.3 Å². The maximum Gasteiger partial charge on any atom is 0.275 e. The van der Waals surface area contributed by atoms with Crippen molar-refractivity contribution in [2.24, 2.45) is 0 Å². The van der Waals surface area contributed by atoms with Gasteiger partial charge in [0.2, 0.25) is 5.91 Å². The van der Waals surface area contributed by atoms with Crippen LogP contribution in [0.1, 0.15) is 23.1 Å². The molecule has 0 aliphatic rings. The zero-order chi connectivity index (χ0) is 17.3. The van der Waals surface area contributed by atoms with E-state index in [0.717, 1.165) is 4.68 Å². The largest absolute Gasteiger partial charge is 0.543 e. The Kier molecular flexibility index (Phi) is 4.09. The highest BCUT2D eigenvalue weighted by Crippen LogP contribution is 2.17. The van der Waals surface area contributed by atoms with Gasteiger partial charge < -0.3 is 15.2 Å². The maximum atomic E-state index is 12.5. The van der Waals surface area contributed by atoms with Gasteiger partial charge in [-0.15, -0.1) is 11.3 Å². The zero-order valence-corrected chi connectivity index (χ0v) is 13.3. The Morgan fingerprint density at radius 2 is 2.00 bits per heavy atom. The van der Waals surface area contributed by atoms with Crippen LogP contribution >= 0.6 is 11.3 Å². The summed E-state index contributed by atoms with van der Waals surface area (Å²) in [5.74, 6) is -1.71. The monoisotopic (exact) mass is 343 g/mol. The Morgan fingerprint density at radius 3 is 2.67 bits per heavy atom. The number of amides is 1. The predicted molar refractivity (Wildman–Crippen MR) is 85.9 cm³/mol. The third-order valence-electron chi connectivity index (χ3n) is 3.21. The lowest BCUT2D eigenvalue weighted by atomic mass is 10.1. The number of anilines is 1. The highest BCUT2D eigenvalue weighted by Gasteiger charge is 2.12. The number of carboxylic acid groups (broad SMARTS) is 1. The smallest absolute Gasteiger partial charge is 0.275 e. The van der Waals surface area contributed by atoms with Crippen molar-refractivity contribution in [1.82, 2.24) is 14.8 Å². The Morgan fingerprint density at radius 1 is 1.29 bits per heavy atom. The SMILES string of the molecule is CC(=O)Nc1nc(Cn2nc(C(=O)[O-])c3ccccc3c2=O)cs1. The number of thiazole rings is 1.